The van der Waals surface area contributed by atoms with Crippen LogP contribution in [-0.2, 0) is 6.54 Å². The molecule has 5 heteroatoms. The maximum atomic E-state index is 11.8. The number of aromatic nitrogens is 1. The first-order chi connectivity index (χ1) is 7.27. The number of carbonyl (C=O) groups is 1. The van der Waals surface area contributed by atoms with Gasteiger partial charge in [-0.15, -0.1) is 11.3 Å². The van der Waals surface area contributed by atoms with Crippen LogP contribution in [0.3, 0.4) is 0 Å². The second-order valence-electron chi connectivity index (χ2n) is 3.05. The van der Waals surface area contributed by atoms with E-state index < -0.39 is 0 Å². The molecular formula is C11H9Br2NOS. The summed E-state index contributed by atoms with van der Waals surface area (Å²) < 4.78 is 2.79. The first-order valence-electron chi connectivity index (χ1n) is 4.48. The molecule has 0 N–H and O–H groups in total. The molecule has 0 amide bonds. The van der Waals surface area contributed by atoms with Gasteiger partial charge in [-0.25, -0.2) is 0 Å². The van der Waals surface area contributed by atoms with Crippen molar-refractivity contribution in [2.24, 2.45) is 0 Å². The van der Waals surface area contributed by atoms with Gasteiger partial charge in [-0.3, -0.25) is 4.79 Å². The number of rotatable bonds is 3. The standard InChI is InChI=1S/C11H9BrNOS.BrH/c12-11-5-1-2-6-13(11)8-9(14)10-4-3-7-15-10;/h1-7H,8H2;1H/q+1;/p-1. The fraction of sp³-hybridized carbons (Fsp3) is 0.0909. The normalized spacial score (nSPS) is 9.56. The van der Waals surface area contributed by atoms with Gasteiger partial charge in [0.25, 0.3) is 0 Å². The molecule has 0 saturated heterocycles. The minimum absolute atomic E-state index is 0. The number of hydrogen-bond acceptors (Lipinski definition) is 2. The number of nitrogens with zero attached hydrogens (tertiary/aromatic N) is 1. The minimum atomic E-state index is 0. The number of hydrogen-bond donors (Lipinski definition) is 0. The van der Waals surface area contributed by atoms with Crippen LogP contribution >= 0.6 is 27.3 Å². The first kappa shape index (κ1) is 13.5. The summed E-state index contributed by atoms with van der Waals surface area (Å²) in [5.74, 6) is 0.141. The summed E-state index contributed by atoms with van der Waals surface area (Å²) in [6, 6.07) is 9.50. The average Bonchev–Trinajstić information content (AvgIpc) is 2.74. The van der Waals surface area contributed by atoms with Crippen LogP contribution in [0.5, 0.6) is 0 Å². The minimum Gasteiger partial charge on any atom is -1.00 e. The molecular weight excluding hydrogens is 354 g/mol. The second-order valence-corrected chi connectivity index (χ2v) is 4.81. The molecule has 0 bridgehead atoms. The lowest BCUT2D eigenvalue weighted by Crippen LogP contribution is -3.00. The van der Waals surface area contributed by atoms with E-state index in [1.165, 1.54) is 11.3 Å². The van der Waals surface area contributed by atoms with Crippen molar-refractivity contribution < 1.29 is 26.3 Å². The topological polar surface area (TPSA) is 20.9 Å². The molecule has 0 atom stereocenters. The maximum absolute atomic E-state index is 11.8. The van der Waals surface area contributed by atoms with Crippen LogP contribution in [-0.4, -0.2) is 5.78 Å². The highest BCUT2D eigenvalue weighted by Crippen LogP contribution is 2.10. The smallest absolute Gasteiger partial charge is 0.248 e. The van der Waals surface area contributed by atoms with Crippen molar-refractivity contribution in [3.8, 4) is 0 Å². The molecule has 0 spiro atoms. The van der Waals surface area contributed by atoms with Crippen LogP contribution in [0.4, 0.5) is 0 Å². The molecule has 2 aromatic heterocycles. The monoisotopic (exact) mass is 361 g/mol. The molecule has 2 rings (SSSR count). The third-order valence-electron chi connectivity index (χ3n) is 2.00. The third kappa shape index (κ3) is 3.23. The predicted octanol–water partition coefficient (Wildman–Crippen LogP) is -0.315. The van der Waals surface area contributed by atoms with E-state index in [1.54, 1.807) is 0 Å². The summed E-state index contributed by atoms with van der Waals surface area (Å²) in [6.45, 7) is 0.377. The van der Waals surface area contributed by atoms with Crippen molar-refractivity contribution in [1.82, 2.24) is 0 Å². The number of thiophene rings is 1. The van der Waals surface area contributed by atoms with Crippen LogP contribution in [0.1, 0.15) is 9.67 Å². The Bertz CT molecular complexity index is 471. The lowest BCUT2D eigenvalue weighted by atomic mass is 10.3. The van der Waals surface area contributed by atoms with Gasteiger partial charge in [0.2, 0.25) is 16.9 Å². The molecule has 0 radical (unpaired) electrons. The second kappa shape index (κ2) is 6.27. The number of pyridine rings is 1. The van der Waals surface area contributed by atoms with Crippen LogP contribution in [0.25, 0.3) is 0 Å². The molecule has 16 heavy (non-hydrogen) atoms. The molecule has 0 aromatic carbocycles. The molecule has 0 fully saturated rings. The van der Waals surface area contributed by atoms with Gasteiger partial charge in [-0.1, -0.05) is 6.07 Å². The van der Waals surface area contributed by atoms with Gasteiger partial charge in [0, 0.05) is 28.1 Å². The molecule has 2 heterocycles. The van der Waals surface area contributed by atoms with Gasteiger partial charge in [0.15, 0.2) is 6.20 Å². The Labute approximate surface area is 117 Å². The largest absolute Gasteiger partial charge is 1.00 e. The Morgan fingerprint density at radius 2 is 2.12 bits per heavy atom. The van der Waals surface area contributed by atoms with Gasteiger partial charge in [0.1, 0.15) is 0 Å². The lowest BCUT2D eigenvalue weighted by Gasteiger charge is -1.96. The van der Waals surface area contributed by atoms with E-state index in [9.17, 15) is 4.79 Å². The van der Waals surface area contributed by atoms with Crippen molar-refractivity contribution in [3.05, 3.63) is 51.4 Å². The number of Topliss-reactive ketones (excluding diaryl/α,β-unsaturated/α-hetero) is 1. The van der Waals surface area contributed by atoms with Crippen molar-refractivity contribution in [2.45, 2.75) is 6.54 Å². The Morgan fingerprint density at radius 1 is 1.31 bits per heavy atom. The van der Waals surface area contributed by atoms with Crippen molar-refractivity contribution in [1.29, 1.82) is 0 Å². The zero-order valence-electron chi connectivity index (χ0n) is 8.27. The van der Waals surface area contributed by atoms with Gasteiger partial charge in [-0.05, 0) is 17.5 Å². The highest BCUT2D eigenvalue weighted by Gasteiger charge is 2.14. The molecule has 2 aromatic rings. The van der Waals surface area contributed by atoms with Gasteiger partial charge < -0.3 is 17.0 Å². The van der Waals surface area contributed by atoms with E-state index in [2.05, 4.69) is 15.9 Å². The van der Waals surface area contributed by atoms with E-state index in [1.807, 2.05) is 46.5 Å². The van der Waals surface area contributed by atoms with E-state index in [4.69, 9.17) is 0 Å². The fourth-order valence-electron chi connectivity index (χ4n) is 1.25. The predicted molar refractivity (Wildman–Crippen MR) is 63.0 cm³/mol. The molecule has 0 aliphatic carbocycles. The van der Waals surface area contributed by atoms with E-state index in [-0.39, 0.29) is 22.8 Å². The number of carbonyl (C=O) groups excluding carboxylic acids is 1. The SMILES string of the molecule is O=C(C[n+]1ccccc1Br)c1cccs1.[Br-]. The Balaban J connectivity index is 0.00000128. The van der Waals surface area contributed by atoms with Crippen LogP contribution < -0.4 is 21.5 Å². The Kier molecular flexibility index (Phi) is 5.31. The molecule has 2 nitrogen and oxygen atoms in total. The Morgan fingerprint density at radius 3 is 2.75 bits per heavy atom. The summed E-state index contributed by atoms with van der Waals surface area (Å²) in [5.41, 5.74) is 0. The molecule has 0 saturated carbocycles. The lowest BCUT2D eigenvalue weighted by molar-refractivity contribution is -0.694. The summed E-state index contributed by atoms with van der Waals surface area (Å²) in [4.78, 5) is 12.6. The summed E-state index contributed by atoms with van der Waals surface area (Å²) >= 11 is 4.88. The van der Waals surface area contributed by atoms with Crippen molar-refractivity contribution >= 4 is 33.0 Å². The van der Waals surface area contributed by atoms with Crippen LogP contribution in [0.2, 0.25) is 0 Å². The Hall–Kier alpha value is -0.520. The zero-order chi connectivity index (χ0) is 10.7. The number of ketones is 1. The average molecular weight is 363 g/mol. The summed E-state index contributed by atoms with van der Waals surface area (Å²) in [7, 11) is 0. The van der Waals surface area contributed by atoms with Crippen molar-refractivity contribution in [3.63, 3.8) is 0 Å². The molecule has 84 valence electrons. The zero-order valence-corrected chi connectivity index (χ0v) is 12.3. The van der Waals surface area contributed by atoms with Gasteiger partial charge >= 0.3 is 0 Å². The maximum Gasteiger partial charge on any atom is 0.248 e. The van der Waals surface area contributed by atoms with Crippen LogP contribution in [0.15, 0.2) is 46.5 Å². The van der Waals surface area contributed by atoms with E-state index in [0.29, 0.717) is 6.54 Å². The van der Waals surface area contributed by atoms with Crippen LogP contribution in [0, 0.1) is 0 Å². The van der Waals surface area contributed by atoms with Gasteiger partial charge in [0.05, 0.1) is 4.88 Å². The highest BCUT2D eigenvalue weighted by atomic mass is 79.9. The third-order valence-corrected chi connectivity index (χ3v) is 3.63. The highest BCUT2D eigenvalue weighted by molar-refractivity contribution is 9.10. The van der Waals surface area contributed by atoms with E-state index >= 15 is 0 Å². The van der Waals surface area contributed by atoms with Crippen molar-refractivity contribution in [2.75, 3.05) is 0 Å². The molecule has 0 aliphatic heterocycles. The number of halogens is 2. The quantitative estimate of drug-likeness (QED) is 0.416. The molecule has 0 unspecified atom stereocenters. The fourth-order valence-corrected chi connectivity index (χ4v) is 2.31. The van der Waals surface area contributed by atoms with E-state index in [0.717, 1.165) is 9.48 Å². The van der Waals surface area contributed by atoms with Gasteiger partial charge in [-0.2, -0.15) is 4.57 Å². The summed E-state index contributed by atoms with van der Waals surface area (Å²) in [5, 5.41) is 1.91. The molecule has 0 aliphatic rings. The summed E-state index contributed by atoms with van der Waals surface area (Å²) in [6.07, 6.45) is 1.88. The first-order valence-corrected chi connectivity index (χ1v) is 6.15.